The van der Waals surface area contributed by atoms with Crippen LogP contribution in [-0.2, 0) is 19.7 Å². The maximum atomic E-state index is 11.7. The van der Waals surface area contributed by atoms with Crippen molar-refractivity contribution in [2.45, 2.75) is 39.2 Å². The summed E-state index contributed by atoms with van der Waals surface area (Å²) in [5.74, 6) is -0.937. The SMILES string of the molecule is C[C@@H](OC(=O)COc1ccccc1C(C)(C)C)C(=O)NC(N)=O. The normalized spacial score (nSPS) is 12.2. The number of carbonyl (C=O) groups is 3. The third kappa shape index (κ3) is 5.98. The Bertz CT molecular complexity index is 592. The molecule has 0 saturated carbocycles. The number of para-hydroxylation sites is 1. The summed E-state index contributed by atoms with van der Waals surface area (Å²) in [4.78, 5) is 33.7. The molecule has 0 radical (unpaired) electrons. The van der Waals surface area contributed by atoms with Crippen molar-refractivity contribution in [1.82, 2.24) is 5.32 Å². The third-order valence-corrected chi connectivity index (χ3v) is 2.96. The van der Waals surface area contributed by atoms with Gasteiger partial charge in [-0.3, -0.25) is 10.1 Å². The number of nitrogens with one attached hydrogen (secondary N) is 1. The number of ether oxygens (including phenoxy) is 2. The minimum absolute atomic E-state index is 0.144. The number of benzene rings is 1. The van der Waals surface area contributed by atoms with Gasteiger partial charge in [0.15, 0.2) is 12.7 Å². The van der Waals surface area contributed by atoms with E-state index in [4.69, 9.17) is 15.2 Å². The summed E-state index contributed by atoms with van der Waals surface area (Å²) in [7, 11) is 0. The summed E-state index contributed by atoms with van der Waals surface area (Å²) in [6, 6.07) is 6.37. The summed E-state index contributed by atoms with van der Waals surface area (Å²) in [6.07, 6.45) is -1.14. The van der Waals surface area contributed by atoms with Crippen molar-refractivity contribution in [1.29, 1.82) is 0 Å². The van der Waals surface area contributed by atoms with Gasteiger partial charge in [0, 0.05) is 0 Å². The Morgan fingerprint density at radius 3 is 2.39 bits per heavy atom. The average molecular weight is 322 g/mol. The molecule has 0 fully saturated rings. The first kappa shape index (κ1) is 18.5. The molecule has 1 rings (SSSR count). The standard InChI is InChI=1S/C16H22N2O5/c1-10(14(20)18-15(17)21)23-13(19)9-22-12-8-6-5-7-11(12)16(2,3)4/h5-8,10H,9H2,1-4H3,(H3,17,18,20,21)/t10-/m1/s1. The second kappa shape index (κ2) is 7.62. The van der Waals surface area contributed by atoms with Gasteiger partial charge in [-0.2, -0.15) is 0 Å². The average Bonchev–Trinajstić information content (AvgIpc) is 2.43. The van der Waals surface area contributed by atoms with Gasteiger partial charge in [0.1, 0.15) is 5.75 Å². The second-order valence-electron chi connectivity index (χ2n) is 6.02. The highest BCUT2D eigenvalue weighted by atomic mass is 16.6. The molecule has 7 heteroatoms. The molecule has 0 spiro atoms. The molecule has 0 heterocycles. The van der Waals surface area contributed by atoms with Gasteiger partial charge in [0.2, 0.25) is 0 Å². The number of hydrogen-bond donors (Lipinski definition) is 2. The first-order valence-electron chi connectivity index (χ1n) is 7.13. The number of hydrogen-bond acceptors (Lipinski definition) is 5. The molecule has 0 aliphatic rings. The molecule has 0 saturated heterocycles. The van der Waals surface area contributed by atoms with E-state index in [1.807, 2.05) is 38.2 Å². The Morgan fingerprint density at radius 1 is 1.22 bits per heavy atom. The molecule has 0 bridgehead atoms. The monoisotopic (exact) mass is 322 g/mol. The van der Waals surface area contributed by atoms with Gasteiger partial charge >= 0.3 is 12.0 Å². The summed E-state index contributed by atoms with van der Waals surface area (Å²) in [6.45, 7) is 7.08. The first-order valence-corrected chi connectivity index (χ1v) is 7.13. The maximum absolute atomic E-state index is 11.7. The van der Waals surface area contributed by atoms with Crippen molar-refractivity contribution in [3.8, 4) is 5.75 Å². The lowest BCUT2D eigenvalue weighted by atomic mass is 9.86. The number of carbonyl (C=O) groups excluding carboxylic acids is 3. The Morgan fingerprint density at radius 2 is 1.83 bits per heavy atom. The van der Waals surface area contributed by atoms with Crippen LogP contribution in [-0.4, -0.2) is 30.6 Å². The van der Waals surface area contributed by atoms with Crippen molar-refractivity contribution in [3.63, 3.8) is 0 Å². The fourth-order valence-corrected chi connectivity index (χ4v) is 1.86. The highest BCUT2D eigenvalue weighted by Gasteiger charge is 2.21. The zero-order valence-corrected chi connectivity index (χ0v) is 13.7. The van der Waals surface area contributed by atoms with Crippen LogP contribution >= 0.6 is 0 Å². The van der Waals surface area contributed by atoms with Gasteiger partial charge in [0.25, 0.3) is 5.91 Å². The van der Waals surface area contributed by atoms with Crippen molar-refractivity contribution in [2.75, 3.05) is 6.61 Å². The van der Waals surface area contributed by atoms with Crippen molar-refractivity contribution < 1.29 is 23.9 Å². The van der Waals surface area contributed by atoms with Crippen LogP contribution in [0.15, 0.2) is 24.3 Å². The number of esters is 1. The van der Waals surface area contributed by atoms with E-state index in [1.54, 1.807) is 12.1 Å². The van der Waals surface area contributed by atoms with Gasteiger partial charge in [-0.15, -0.1) is 0 Å². The topological polar surface area (TPSA) is 108 Å². The Balaban J connectivity index is 2.61. The van der Waals surface area contributed by atoms with Crippen LogP contribution < -0.4 is 15.8 Å². The predicted octanol–water partition coefficient (Wildman–Crippen LogP) is 1.49. The van der Waals surface area contributed by atoms with Crippen LogP contribution in [0.4, 0.5) is 4.79 Å². The van der Waals surface area contributed by atoms with Gasteiger partial charge in [-0.05, 0) is 24.0 Å². The highest BCUT2D eigenvalue weighted by molar-refractivity contribution is 5.96. The molecule has 3 N–H and O–H groups in total. The lowest BCUT2D eigenvalue weighted by Gasteiger charge is -2.22. The number of rotatable bonds is 5. The second-order valence-corrected chi connectivity index (χ2v) is 6.02. The quantitative estimate of drug-likeness (QED) is 0.799. The van der Waals surface area contributed by atoms with Crippen LogP contribution in [0, 0.1) is 0 Å². The molecule has 0 aliphatic heterocycles. The molecule has 0 aromatic heterocycles. The Labute approximate surface area is 135 Å². The molecule has 126 valence electrons. The van der Waals surface area contributed by atoms with E-state index in [1.165, 1.54) is 6.92 Å². The Kier molecular flexibility index (Phi) is 6.12. The van der Waals surface area contributed by atoms with E-state index in [-0.39, 0.29) is 12.0 Å². The predicted molar refractivity (Wildman–Crippen MR) is 83.9 cm³/mol. The van der Waals surface area contributed by atoms with Crippen LogP contribution in [0.25, 0.3) is 0 Å². The molecule has 0 aliphatic carbocycles. The van der Waals surface area contributed by atoms with Gasteiger partial charge in [-0.1, -0.05) is 39.0 Å². The minimum atomic E-state index is -1.14. The fraction of sp³-hybridized carbons (Fsp3) is 0.438. The zero-order chi connectivity index (χ0) is 17.6. The Hall–Kier alpha value is -2.57. The van der Waals surface area contributed by atoms with E-state index >= 15 is 0 Å². The molecule has 1 aromatic carbocycles. The molecular weight excluding hydrogens is 300 g/mol. The molecule has 0 unspecified atom stereocenters. The lowest BCUT2D eigenvalue weighted by molar-refractivity contribution is -0.156. The van der Waals surface area contributed by atoms with Crippen molar-refractivity contribution >= 4 is 17.9 Å². The minimum Gasteiger partial charge on any atom is -0.482 e. The van der Waals surface area contributed by atoms with Crippen LogP contribution in [0.1, 0.15) is 33.3 Å². The summed E-state index contributed by atoms with van der Waals surface area (Å²) >= 11 is 0. The third-order valence-electron chi connectivity index (χ3n) is 2.96. The number of amides is 3. The molecule has 7 nitrogen and oxygen atoms in total. The number of imide groups is 1. The van der Waals surface area contributed by atoms with E-state index in [2.05, 4.69) is 0 Å². The summed E-state index contributed by atoms with van der Waals surface area (Å²) in [5.41, 5.74) is 5.63. The van der Waals surface area contributed by atoms with Crippen LogP contribution in [0.2, 0.25) is 0 Å². The van der Waals surface area contributed by atoms with Gasteiger partial charge < -0.3 is 15.2 Å². The van der Waals surface area contributed by atoms with E-state index in [9.17, 15) is 14.4 Å². The number of nitrogens with two attached hydrogens (primary N) is 1. The van der Waals surface area contributed by atoms with E-state index in [0.717, 1.165) is 5.56 Å². The smallest absolute Gasteiger partial charge is 0.344 e. The van der Waals surface area contributed by atoms with Crippen molar-refractivity contribution in [3.05, 3.63) is 29.8 Å². The zero-order valence-electron chi connectivity index (χ0n) is 13.7. The number of primary amides is 1. The maximum Gasteiger partial charge on any atom is 0.344 e. The van der Waals surface area contributed by atoms with Crippen LogP contribution in [0.5, 0.6) is 5.75 Å². The highest BCUT2D eigenvalue weighted by Crippen LogP contribution is 2.30. The fourth-order valence-electron chi connectivity index (χ4n) is 1.86. The molecule has 23 heavy (non-hydrogen) atoms. The largest absolute Gasteiger partial charge is 0.482 e. The molecular formula is C16H22N2O5. The molecule has 1 aromatic rings. The molecule has 3 amide bonds. The summed E-state index contributed by atoms with van der Waals surface area (Å²) in [5, 5.41) is 1.83. The summed E-state index contributed by atoms with van der Waals surface area (Å²) < 4.78 is 10.4. The van der Waals surface area contributed by atoms with E-state index < -0.39 is 24.0 Å². The lowest BCUT2D eigenvalue weighted by Crippen LogP contribution is -2.42. The van der Waals surface area contributed by atoms with Gasteiger partial charge in [-0.25, -0.2) is 9.59 Å². The van der Waals surface area contributed by atoms with Crippen molar-refractivity contribution in [2.24, 2.45) is 5.73 Å². The first-order chi connectivity index (χ1) is 10.6. The van der Waals surface area contributed by atoms with E-state index in [0.29, 0.717) is 5.75 Å². The van der Waals surface area contributed by atoms with Gasteiger partial charge in [0.05, 0.1) is 0 Å². The molecule has 1 atom stereocenters. The number of urea groups is 1. The van der Waals surface area contributed by atoms with Crippen LogP contribution in [0.3, 0.4) is 0 Å².